The molecule has 1 saturated heterocycles. The van der Waals surface area contributed by atoms with Gasteiger partial charge < -0.3 is 14.8 Å². The lowest BCUT2D eigenvalue weighted by Crippen LogP contribution is -2.33. The van der Waals surface area contributed by atoms with Crippen LogP contribution in [0.5, 0.6) is 0 Å². The Morgan fingerprint density at radius 2 is 2.07 bits per heavy atom. The first-order chi connectivity index (χ1) is 7.18. The van der Waals surface area contributed by atoms with Gasteiger partial charge in [0.25, 0.3) is 0 Å². The minimum Gasteiger partial charge on any atom is -0.464 e. The van der Waals surface area contributed by atoms with Crippen molar-refractivity contribution in [3.05, 3.63) is 0 Å². The summed E-state index contributed by atoms with van der Waals surface area (Å²) >= 11 is 0. The number of esters is 1. The minimum atomic E-state index is -0.248. The standard InChI is InChI=1S/C11H21NO3/c1-9(2)7-15-11(13)8-14-10-3-5-12-6-4-10/h9-10,12H,3-8H2,1-2H3. The molecule has 0 atom stereocenters. The second-order valence-electron chi connectivity index (χ2n) is 4.34. The first-order valence-corrected chi connectivity index (χ1v) is 5.66. The Morgan fingerprint density at radius 3 is 2.67 bits per heavy atom. The third-order valence-electron chi connectivity index (χ3n) is 2.30. The average molecular weight is 215 g/mol. The summed E-state index contributed by atoms with van der Waals surface area (Å²) in [5.41, 5.74) is 0. The van der Waals surface area contributed by atoms with E-state index in [-0.39, 0.29) is 18.7 Å². The summed E-state index contributed by atoms with van der Waals surface area (Å²) in [5.74, 6) is 0.134. The molecule has 1 aliphatic rings. The van der Waals surface area contributed by atoms with Gasteiger partial charge >= 0.3 is 5.97 Å². The normalized spacial score (nSPS) is 18.1. The van der Waals surface area contributed by atoms with Gasteiger partial charge in [0.1, 0.15) is 6.61 Å². The van der Waals surface area contributed by atoms with E-state index in [1.54, 1.807) is 0 Å². The Hall–Kier alpha value is -0.610. The molecule has 1 aliphatic heterocycles. The molecular weight excluding hydrogens is 194 g/mol. The van der Waals surface area contributed by atoms with E-state index in [0.29, 0.717) is 12.5 Å². The van der Waals surface area contributed by atoms with Crippen molar-refractivity contribution in [2.75, 3.05) is 26.3 Å². The SMILES string of the molecule is CC(C)COC(=O)COC1CCNCC1. The third-order valence-corrected chi connectivity index (χ3v) is 2.30. The zero-order chi connectivity index (χ0) is 11.1. The van der Waals surface area contributed by atoms with E-state index in [2.05, 4.69) is 5.32 Å². The summed E-state index contributed by atoms with van der Waals surface area (Å²) in [4.78, 5) is 11.2. The van der Waals surface area contributed by atoms with Crippen molar-refractivity contribution < 1.29 is 14.3 Å². The maximum Gasteiger partial charge on any atom is 0.332 e. The monoisotopic (exact) mass is 215 g/mol. The van der Waals surface area contributed by atoms with Gasteiger partial charge in [-0.3, -0.25) is 0 Å². The van der Waals surface area contributed by atoms with Crippen LogP contribution in [0, 0.1) is 5.92 Å². The second-order valence-corrected chi connectivity index (χ2v) is 4.34. The Balaban J connectivity index is 2.05. The summed E-state index contributed by atoms with van der Waals surface area (Å²) in [6, 6.07) is 0. The van der Waals surface area contributed by atoms with Crippen LogP contribution in [0.3, 0.4) is 0 Å². The second kappa shape index (κ2) is 6.80. The van der Waals surface area contributed by atoms with Crippen molar-refractivity contribution >= 4 is 5.97 Å². The topological polar surface area (TPSA) is 47.6 Å². The van der Waals surface area contributed by atoms with Gasteiger partial charge in [0.15, 0.2) is 0 Å². The molecule has 1 rings (SSSR count). The van der Waals surface area contributed by atoms with Gasteiger partial charge in [-0.25, -0.2) is 4.79 Å². The van der Waals surface area contributed by atoms with E-state index in [1.807, 2.05) is 13.8 Å². The number of nitrogens with one attached hydrogen (secondary N) is 1. The number of hydrogen-bond donors (Lipinski definition) is 1. The largest absolute Gasteiger partial charge is 0.464 e. The summed E-state index contributed by atoms with van der Waals surface area (Å²) in [6.45, 7) is 6.56. The van der Waals surface area contributed by atoms with Crippen LogP contribution in [0.15, 0.2) is 0 Å². The molecule has 0 bridgehead atoms. The molecule has 0 amide bonds. The van der Waals surface area contributed by atoms with Crippen LogP contribution in [-0.2, 0) is 14.3 Å². The van der Waals surface area contributed by atoms with E-state index in [0.717, 1.165) is 25.9 Å². The number of carbonyl (C=O) groups excluding carboxylic acids is 1. The predicted molar refractivity (Wildman–Crippen MR) is 57.6 cm³/mol. The molecule has 0 spiro atoms. The Bertz CT molecular complexity index is 188. The highest BCUT2D eigenvalue weighted by atomic mass is 16.6. The molecule has 1 fully saturated rings. The van der Waals surface area contributed by atoms with Crippen LogP contribution in [0.1, 0.15) is 26.7 Å². The van der Waals surface area contributed by atoms with E-state index in [1.165, 1.54) is 0 Å². The third kappa shape index (κ3) is 5.74. The quantitative estimate of drug-likeness (QED) is 0.694. The molecule has 0 aromatic heterocycles. The Kier molecular flexibility index (Phi) is 5.65. The molecule has 1 heterocycles. The zero-order valence-corrected chi connectivity index (χ0v) is 9.62. The highest BCUT2D eigenvalue weighted by Crippen LogP contribution is 2.07. The highest BCUT2D eigenvalue weighted by Gasteiger charge is 2.15. The number of ether oxygens (including phenoxy) is 2. The van der Waals surface area contributed by atoms with Crippen LogP contribution in [0.2, 0.25) is 0 Å². The minimum absolute atomic E-state index is 0.0946. The maximum atomic E-state index is 11.2. The first kappa shape index (κ1) is 12.5. The average Bonchev–Trinajstić information content (AvgIpc) is 2.25. The van der Waals surface area contributed by atoms with Gasteiger partial charge in [-0.1, -0.05) is 13.8 Å². The fourth-order valence-corrected chi connectivity index (χ4v) is 1.45. The smallest absolute Gasteiger partial charge is 0.332 e. The van der Waals surface area contributed by atoms with Gasteiger partial charge in [0.05, 0.1) is 12.7 Å². The summed E-state index contributed by atoms with van der Waals surface area (Å²) in [7, 11) is 0. The van der Waals surface area contributed by atoms with Gasteiger partial charge in [-0.05, 0) is 31.8 Å². The fraction of sp³-hybridized carbons (Fsp3) is 0.909. The van der Waals surface area contributed by atoms with Crippen molar-refractivity contribution in [1.29, 1.82) is 0 Å². The van der Waals surface area contributed by atoms with Gasteiger partial charge in [0.2, 0.25) is 0 Å². The zero-order valence-electron chi connectivity index (χ0n) is 9.62. The van der Waals surface area contributed by atoms with E-state index in [4.69, 9.17) is 9.47 Å². The summed E-state index contributed by atoms with van der Waals surface area (Å²) in [6.07, 6.45) is 2.19. The Labute approximate surface area is 91.3 Å². The lowest BCUT2D eigenvalue weighted by molar-refractivity contribution is -0.152. The number of hydrogen-bond acceptors (Lipinski definition) is 4. The molecule has 1 N–H and O–H groups in total. The van der Waals surface area contributed by atoms with Crippen LogP contribution in [-0.4, -0.2) is 38.4 Å². The van der Waals surface area contributed by atoms with Crippen LogP contribution in [0.4, 0.5) is 0 Å². The lowest BCUT2D eigenvalue weighted by atomic mass is 10.1. The summed E-state index contributed by atoms with van der Waals surface area (Å²) < 4.78 is 10.5. The molecule has 4 heteroatoms. The van der Waals surface area contributed by atoms with Gasteiger partial charge in [-0.15, -0.1) is 0 Å². The van der Waals surface area contributed by atoms with Gasteiger partial charge in [0, 0.05) is 0 Å². The van der Waals surface area contributed by atoms with Crippen molar-refractivity contribution in [2.45, 2.75) is 32.8 Å². The molecular formula is C11H21NO3. The molecule has 15 heavy (non-hydrogen) atoms. The number of piperidine rings is 1. The van der Waals surface area contributed by atoms with E-state index in [9.17, 15) is 4.79 Å². The first-order valence-electron chi connectivity index (χ1n) is 5.66. The fourth-order valence-electron chi connectivity index (χ4n) is 1.45. The Morgan fingerprint density at radius 1 is 1.40 bits per heavy atom. The summed E-state index contributed by atoms with van der Waals surface area (Å²) in [5, 5.41) is 3.25. The van der Waals surface area contributed by atoms with Crippen LogP contribution in [0.25, 0.3) is 0 Å². The molecule has 88 valence electrons. The number of rotatable bonds is 5. The molecule has 0 aromatic rings. The molecule has 4 nitrogen and oxygen atoms in total. The van der Waals surface area contributed by atoms with Gasteiger partial charge in [-0.2, -0.15) is 0 Å². The molecule has 0 radical (unpaired) electrons. The molecule has 0 aliphatic carbocycles. The van der Waals surface area contributed by atoms with Crippen molar-refractivity contribution in [3.8, 4) is 0 Å². The van der Waals surface area contributed by atoms with Crippen molar-refractivity contribution in [2.24, 2.45) is 5.92 Å². The van der Waals surface area contributed by atoms with Crippen molar-refractivity contribution in [3.63, 3.8) is 0 Å². The molecule has 0 aromatic carbocycles. The molecule has 0 saturated carbocycles. The lowest BCUT2D eigenvalue weighted by Gasteiger charge is -2.22. The van der Waals surface area contributed by atoms with E-state index < -0.39 is 0 Å². The highest BCUT2D eigenvalue weighted by molar-refractivity contribution is 5.70. The number of carbonyl (C=O) groups is 1. The maximum absolute atomic E-state index is 11.2. The predicted octanol–water partition coefficient (Wildman–Crippen LogP) is 0.954. The molecule has 0 unspecified atom stereocenters. The van der Waals surface area contributed by atoms with E-state index >= 15 is 0 Å². The van der Waals surface area contributed by atoms with Crippen LogP contribution >= 0.6 is 0 Å². The van der Waals surface area contributed by atoms with Crippen molar-refractivity contribution in [1.82, 2.24) is 5.32 Å². The van der Waals surface area contributed by atoms with Crippen LogP contribution < -0.4 is 5.32 Å².